The van der Waals surface area contributed by atoms with E-state index in [1.54, 1.807) is 12.1 Å². The van der Waals surface area contributed by atoms with Crippen molar-refractivity contribution in [3.63, 3.8) is 0 Å². The molecule has 0 atom stereocenters. The van der Waals surface area contributed by atoms with Crippen LogP contribution in [0.25, 0.3) is 21.9 Å². The molecule has 0 unspecified atom stereocenters. The number of hydrogen-bond acceptors (Lipinski definition) is 5. The first-order chi connectivity index (χ1) is 11.1. The van der Waals surface area contributed by atoms with Crippen LogP contribution in [-0.2, 0) is 0 Å². The minimum Gasteiger partial charge on any atom is -0.507 e. The van der Waals surface area contributed by atoms with Crippen LogP contribution in [-0.4, -0.2) is 29.5 Å². The molecule has 5 nitrogen and oxygen atoms in total. The van der Waals surface area contributed by atoms with E-state index >= 15 is 0 Å². The van der Waals surface area contributed by atoms with Gasteiger partial charge in [-0.2, -0.15) is 0 Å². The lowest BCUT2D eigenvalue weighted by Gasteiger charge is -2.15. The van der Waals surface area contributed by atoms with Crippen molar-refractivity contribution in [2.75, 3.05) is 14.2 Å². The average Bonchev–Trinajstić information content (AvgIpc) is 2.56. The van der Waals surface area contributed by atoms with Crippen LogP contribution in [0.2, 0.25) is 0 Å². The molecule has 5 heteroatoms. The quantitative estimate of drug-likeness (QED) is 0.643. The van der Waals surface area contributed by atoms with Crippen molar-refractivity contribution in [3.8, 4) is 39.9 Å². The van der Waals surface area contributed by atoms with Gasteiger partial charge in [0, 0.05) is 17.2 Å². The van der Waals surface area contributed by atoms with Crippen LogP contribution in [0.4, 0.5) is 0 Å². The molecule has 0 fully saturated rings. The van der Waals surface area contributed by atoms with Crippen LogP contribution in [0.1, 0.15) is 0 Å². The topological polar surface area (TPSA) is 79.2 Å². The molecule has 0 aromatic heterocycles. The van der Waals surface area contributed by atoms with E-state index in [0.29, 0.717) is 28.0 Å². The molecule has 0 aliphatic rings. The third-order valence-electron chi connectivity index (χ3n) is 3.77. The van der Waals surface area contributed by atoms with Crippen molar-refractivity contribution >= 4 is 10.8 Å². The fraction of sp³-hybridized carbons (Fsp3) is 0.111. The van der Waals surface area contributed by atoms with Crippen molar-refractivity contribution < 1.29 is 24.8 Å². The van der Waals surface area contributed by atoms with Gasteiger partial charge in [-0.15, -0.1) is 0 Å². The lowest BCUT2D eigenvalue weighted by molar-refractivity contribution is 0.351. The summed E-state index contributed by atoms with van der Waals surface area (Å²) in [4.78, 5) is 0. The van der Waals surface area contributed by atoms with Gasteiger partial charge in [-0.05, 0) is 22.9 Å². The highest BCUT2D eigenvalue weighted by molar-refractivity contribution is 6.02. The number of hydrogen-bond donors (Lipinski definition) is 3. The van der Waals surface area contributed by atoms with Crippen molar-refractivity contribution in [2.45, 2.75) is 0 Å². The van der Waals surface area contributed by atoms with Gasteiger partial charge in [0.1, 0.15) is 5.75 Å². The SMILES string of the molecule is COc1cc(O)c(-c2c(O)c(O)cc3ccccc23)cc1OC. The fourth-order valence-electron chi connectivity index (χ4n) is 2.66. The van der Waals surface area contributed by atoms with Crippen molar-refractivity contribution in [1.29, 1.82) is 0 Å². The predicted octanol–water partition coefficient (Wildman–Crippen LogP) is 3.64. The molecule has 0 aliphatic carbocycles. The standard InChI is InChI=1S/C18H16O5/c1-22-15-8-12(13(19)9-16(15)23-2)17-11-6-4-3-5-10(11)7-14(20)18(17)21/h3-9,19-21H,1-2H3. The molecule has 0 saturated heterocycles. The van der Waals surface area contributed by atoms with Crippen LogP contribution in [0.15, 0.2) is 42.5 Å². The zero-order chi connectivity index (χ0) is 16.6. The normalized spacial score (nSPS) is 10.7. The first kappa shape index (κ1) is 14.8. The van der Waals surface area contributed by atoms with Gasteiger partial charge in [-0.1, -0.05) is 24.3 Å². The molecule has 0 saturated carbocycles. The Morgan fingerprint density at radius 1 is 0.783 bits per heavy atom. The Balaban J connectivity index is 2.39. The molecule has 0 amide bonds. The molecule has 3 aromatic carbocycles. The Morgan fingerprint density at radius 2 is 1.43 bits per heavy atom. The second kappa shape index (κ2) is 5.61. The molecule has 0 heterocycles. The second-order valence-electron chi connectivity index (χ2n) is 5.06. The van der Waals surface area contributed by atoms with E-state index in [1.807, 2.05) is 18.2 Å². The maximum absolute atomic E-state index is 10.3. The van der Waals surface area contributed by atoms with Crippen LogP contribution in [0, 0.1) is 0 Å². The number of methoxy groups -OCH3 is 2. The summed E-state index contributed by atoms with van der Waals surface area (Å²) >= 11 is 0. The third kappa shape index (κ3) is 2.36. The summed E-state index contributed by atoms with van der Waals surface area (Å²) in [6.07, 6.45) is 0. The predicted molar refractivity (Wildman–Crippen MR) is 87.5 cm³/mol. The van der Waals surface area contributed by atoms with Gasteiger partial charge in [0.15, 0.2) is 23.0 Å². The molecular formula is C18H16O5. The van der Waals surface area contributed by atoms with E-state index in [1.165, 1.54) is 26.4 Å². The van der Waals surface area contributed by atoms with Gasteiger partial charge in [0.05, 0.1) is 14.2 Å². The van der Waals surface area contributed by atoms with Crippen LogP contribution in [0.5, 0.6) is 28.7 Å². The lowest BCUT2D eigenvalue weighted by atomic mass is 9.95. The van der Waals surface area contributed by atoms with E-state index in [-0.39, 0.29) is 17.2 Å². The molecular weight excluding hydrogens is 296 g/mol. The highest BCUT2D eigenvalue weighted by Gasteiger charge is 2.19. The third-order valence-corrected chi connectivity index (χ3v) is 3.77. The maximum atomic E-state index is 10.3. The molecule has 3 rings (SSSR count). The zero-order valence-corrected chi connectivity index (χ0v) is 12.7. The molecule has 0 spiro atoms. The van der Waals surface area contributed by atoms with Crippen LogP contribution < -0.4 is 9.47 Å². The molecule has 0 radical (unpaired) electrons. The highest BCUT2D eigenvalue weighted by Crippen LogP contribution is 2.48. The zero-order valence-electron chi connectivity index (χ0n) is 12.7. The number of benzene rings is 3. The van der Waals surface area contributed by atoms with Crippen molar-refractivity contribution in [1.82, 2.24) is 0 Å². The van der Waals surface area contributed by atoms with E-state index in [4.69, 9.17) is 9.47 Å². The summed E-state index contributed by atoms with van der Waals surface area (Å²) in [5.41, 5.74) is 0.673. The number of ether oxygens (including phenoxy) is 2. The number of phenols is 3. The first-order valence-corrected chi connectivity index (χ1v) is 6.95. The number of phenolic OH excluding ortho intramolecular Hbond substituents is 3. The molecule has 23 heavy (non-hydrogen) atoms. The van der Waals surface area contributed by atoms with Gasteiger partial charge in [0.25, 0.3) is 0 Å². The van der Waals surface area contributed by atoms with Crippen molar-refractivity contribution in [3.05, 3.63) is 42.5 Å². The minimum atomic E-state index is -0.300. The second-order valence-corrected chi connectivity index (χ2v) is 5.06. The molecule has 0 aliphatic heterocycles. The average molecular weight is 312 g/mol. The summed E-state index contributed by atoms with van der Waals surface area (Å²) in [5, 5.41) is 32.1. The summed E-state index contributed by atoms with van der Waals surface area (Å²) in [5.74, 6) is 0.137. The van der Waals surface area contributed by atoms with E-state index in [2.05, 4.69) is 0 Å². The molecule has 0 bridgehead atoms. The van der Waals surface area contributed by atoms with E-state index in [9.17, 15) is 15.3 Å². The van der Waals surface area contributed by atoms with E-state index < -0.39 is 0 Å². The maximum Gasteiger partial charge on any atom is 0.166 e. The summed E-state index contributed by atoms with van der Waals surface area (Å²) < 4.78 is 10.4. The number of fused-ring (bicyclic) bond motifs is 1. The Hall–Kier alpha value is -3.08. The van der Waals surface area contributed by atoms with Crippen molar-refractivity contribution in [2.24, 2.45) is 0 Å². The Bertz CT molecular complexity index is 886. The first-order valence-electron chi connectivity index (χ1n) is 6.95. The molecule has 3 N–H and O–H groups in total. The summed E-state index contributed by atoms with van der Waals surface area (Å²) in [6.45, 7) is 0. The fourth-order valence-corrected chi connectivity index (χ4v) is 2.66. The Morgan fingerprint density at radius 3 is 2.13 bits per heavy atom. The molecule has 118 valence electrons. The van der Waals surface area contributed by atoms with Crippen LogP contribution >= 0.6 is 0 Å². The van der Waals surface area contributed by atoms with Gasteiger partial charge in [0.2, 0.25) is 0 Å². The van der Waals surface area contributed by atoms with Gasteiger partial charge < -0.3 is 24.8 Å². The summed E-state index contributed by atoms with van der Waals surface area (Å²) in [7, 11) is 2.96. The largest absolute Gasteiger partial charge is 0.507 e. The van der Waals surface area contributed by atoms with Gasteiger partial charge >= 0.3 is 0 Å². The van der Waals surface area contributed by atoms with E-state index in [0.717, 1.165) is 5.39 Å². The smallest absolute Gasteiger partial charge is 0.166 e. The number of rotatable bonds is 3. The van der Waals surface area contributed by atoms with Gasteiger partial charge in [-0.3, -0.25) is 0 Å². The van der Waals surface area contributed by atoms with Gasteiger partial charge in [-0.25, -0.2) is 0 Å². The lowest BCUT2D eigenvalue weighted by Crippen LogP contribution is -1.92. The Kier molecular flexibility index (Phi) is 3.62. The summed E-state index contributed by atoms with van der Waals surface area (Å²) in [6, 6.07) is 11.7. The monoisotopic (exact) mass is 312 g/mol. The van der Waals surface area contributed by atoms with Crippen LogP contribution in [0.3, 0.4) is 0 Å². The number of aromatic hydroxyl groups is 3. The highest BCUT2D eigenvalue weighted by atomic mass is 16.5. The molecule has 3 aromatic rings. The Labute approximate surface area is 133 Å². The minimum absolute atomic E-state index is 0.0892.